The predicted molar refractivity (Wildman–Crippen MR) is 60.3 cm³/mol. The molecule has 1 rings (SSSR count). The number of carbonyl (C=O) groups is 1. The molecule has 1 amide bonds. The standard InChI is InChI=1S/C10H20N4O/c1-2-13-10(12)14-5-3-8(4-6-14)7-9(11)15/h8H,2-7H2,1H3,(H2,11,15)(H2,12,13). The Balaban J connectivity index is 2.35. The van der Waals surface area contributed by atoms with Crippen molar-refractivity contribution in [3.63, 3.8) is 0 Å². The van der Waals surface area contributed by atoms with E-state index in [0.29, 0.717) is 24.8 Å². The average Bonchev–Trinajstić information content (AvgIpc) is 2.18. The van der Waals surface area contributed by atoms with Crippen molar-refractivity contribution >= 4 is 11.9 Å². The van der Waals surface area contributed by atoms with Crippen molar-refractivity contribution in [2.45, 2.75) is 26.2 Å². The Labute approximate surface area is 90.5 Å². The van der Waals surface area contributed by atoms with Gasteiger partial charge in [-0.25, -0.2) is 0 Å². The van der Waals surface area contributed by atoms with Crippen LogP contribution in [0.25, 0.3) is 0 Å². The lowest BCUT2D eigenvalue weighted by atomic mass is 9.93. The van der Waals surface area contributed by atoms with Crippen LogP contribution in [0.4, 0.5) is 0 Å². The van der Waals surface area contributed by atoms with Crippen LogP contribution in [0.2, 0.25) is 0 Å². The summed E-state index contributed by atoms with van der Waals surface area (Å²) in [5.41, 5.74) is 11.0. The molecule has 4 N–H and O–H groups in total. The number of hydrogen-bond donors (Lipinski definition) is 2. The minimum absolute atomic E-state index is 0.205. The number of primary amides is 1. The van der Waals surface area contributed by atoms with Crippen molar-refractivity contribution in [1.29, 1.82) is 0 Å². The van der Waals surface area contributed by atoms with Gasteiger partial charge in [-0.2, -0.15) is 0 Å². The van der Waals surface area contributed by atoms with Crippen LogP contribution in [0.1, 0.15) is 26.2 Å². The molecule has 1 heterocycles. The minimum Gasteiger partial charge on any atom is -0.370 e. The van der Waals surface area contributed by atoms with Crippen molar-refractivity contribution < 1.29 is 4.79 Å². The third kappa shape index (κ3) is 3.77. The zero-order valence-electron chi connectivity index (χ0n) is 9.28. The van der Waals surface area contributed by atoms with Gasteiger partial charge in [0.2, 0.25) is 5.91 Å². The molecular formula is C10H20N4O. The smallest absolute Gasteiger partial charge is 0.217 e. The second kappa shape index (κ2) is 5.58. The van der Waals surface area contributed by atoms with Gasteiger partial charge in [0.05, 0.1) is 0 Å². The fraction of sp³-hybridized carbons (Fsp3) is 0.800. The molecule has 0 unspecified atom stereocenters. The summed E-state index contributed by atoms with van der Waals surface area (Å²) in [5, 5.41) is 0. The van der Waals surface area contributed by atoms with Crippen LogP contribution >= 0.6 is 0 Å². The molecule has 1 aliphatic heterocycles. The molecule has 5 nitrogen and oxygen atoms in total. The summed E-state index contributed by atoms with van der Waals surface area (Å²) in [6, 6.07) is 0. The maximum Gasteiger partial charge on any atom is 0.217 e. The van der Waals surface area contributed by atoms with Gasteiger partial charge in [-0.1, -0.05) is 0 Å². The molecule has 0 aromatic rings. The topological polar surface area (TPSA) is 84.7 Å². The first-order chi connectivity index (χ1) is 7.13. The van der Waals surface area contributed by atoms with E-state index in [1.807, 2.05) is 6.92 Å². The summed E-state index contributed by atoms with van der Waals surface area (Å²) in [7, 11) is 0. The van der Waals surface area contributed by atoms with Crippen molar-refractivity contribution in [3.8, 4) is 0 Å². The Morgan fingerprint density at radius 2 is 2.00 bits per heavy atom. The van der Waals surface area contributed by atoms with Gasteiger partial charge in [0.1, 0.15) is 0 Å². The van der Waals surface area contributed by atoms with Crippen LogP contribution in [-0.2, 0) is 4.79 Å². The lowest BCUT2D eigenvalue weighted by Crippen LogP contribution is -2.43. The van der Waals surface area contributed by atoms with Crippen LogP contribution < -0.4 is 11.5 Å². The van der Waals surface area contributed by atoms with Crippen LogP contribution in [0.15, 0.2) is 4.99 Å². The van der Waals surface area contributed by atoms with E-state index < -0.39 is 0 Å². The third-order valence-electron chi connectivity index (χ3n) is 2.75. The van der Waals surface area contributed by atoms with Gasteiger partial charge in [-0.05, 0) is 25.7 Å². The van der Waals surface area contributed by atoms with Crippen LogP contribution in [0.5, 0.6) is 0 Å². The summed E-state index contributed by atoms with van der Waals surface area (Å²) in [6.45, 7) is 4.44. The summed E-state index contributed by atoms with van der Waals surface area (Å²) >= 11 is 0. The lowest BCUT2D eigenvalue weighted by molar-refractivity contribution is -0.119. The molecule has 86 valence electrons. The molecule has 1 fully saturated rings. The Kier molecular flexibility index (Phi) is 4.39. The van der Waals surface area contributed by atoms with Crippen LogP contribution in [-0.4, -0.2) is 36.4 Å². The zero-order chi connectivity index (χ0) is 11.3. The summed E-state index contributed by atoms with van der Waals surface area (Å²) in [6.07, 6.45) is 2.45. The first-order valence-corrected chi connectivity index (χ1v) is 5.46. The van der Waals surface area contributed by atoms with Crippen molar-refractivity contribution in [2.24, 2.45) is 22.4 Å². The first kappa shape index (κ1) is 11.8. The molecule has 0 saturated carbocycles. The molecule has 5 heteroatoms. The highest BCUT2D eigenvalue weighted by Crippen LogP contribution is 2.19. The van der Waals surface area contributed by atoms with E-state index in [0.717, 1.165) is 25.9 Å². The SMILES string of the molecule is CCN=C(N)N1CCC(CC(N)=O)CC1. The van der Waals surface area contributed by atoms with Gasteiger partial charge in [-0.3, -0.25) is 9.79 Å². The molecule has 0 aliphatic carbocycles. The normalized spacial score (nSPS) is 19.3. The van der Waals surface area contributed by atoms with E-state index >= 15 is 0 Å². The Morgan fingerprint density at radius 3 is 2.47 bits per heavy atom. The maximum atomic E-state index is 10.7. The van der Waals surface area contributed by atoms with Crippen LogP contribution in [0.3, 0.4) is 0 Å². The fourth-order valence-electron chi connectivity index (χ4n) is 1.91. The Hall–Kier alpha value is -1.26. The van der Waals surface area contributed by atoms with Gasteiger partial charge in [0, 0.05) is 26.1 Å². The third-order valence-corrected chi connectivity index (χ3v) is 2.75. The molecule has 0 spiro atoms. The fourth-order valence-corrected chi connectivity index (χ4v) is 1.91. The number of nitrogens with zero attached hydrogens (tertiary/aromatic N) is 2. The van der Waals surface area contributed by atoms with Gasteiger partial charge >= 0.3 is 0 Å². The number of guanidine groups is 1. The maximum absolute atomic E-state index is 10.7. The Morgan fingerprint density at radius 1 is 1.40 bits per heavy atom. The molecule has 0 aromatic carbocycles. The molecule has 0 aromatic heterocycles. The van der Waals surface area contributed by atoms with E-state index in [1.54, 1.807) is 0 Å². The summed E-state index contributed by atoms with van der Waals surface area (Å²) in [4.78, 5) is 17.0. The van der Waals surface area contributed by atoms with E-state index in [9.17, 15) is 4.79 Å². The number of nitrogens with two attached hydrogens (primary N) is 2. The molecule has 0 radical (unpaired) electrons. The second-order valence-electron chi connectivity index (χ2n) is 3.93. The van der Waals surface area contributed by atoms with Gasteiger partial charge in [0.25, 0.3) is 0 Å². The molecule has 1 aliphatic rings. The quantitative estimate of drug-likeness (QED) is 0.506. The molecule has 0 atom stereocenters. The van der Waals surface area contributed by atoms with E-state index in [-0.39, 0.29) is 5.91 Å². The summed E-state index contributed by atoms with van der Waals surface area (Å²) in [5.74, 6) is 0.840. The van der Waals surface area contributed by atoms with Crippen molar-refractivity contribution in [2.75, 3.05) is 19.6 Å². The van der Waals surface area contributed by atoms with Gasteiger partial charge < -0.3 is 16.4 Å². The van der Waals surface area contributed by atoms with Crippen molar-refractivity contribution in [3.05, 3.63) is 0 Å². The van der Waals surface area contributed by atoms with E-state index in [4.69, 9.17) is 11.5 Å². The largest absolute Gasteiger partial charge is 0.370 e. The molecule has 1 saturated heterocycles. The predicted octanol–water partition coefficient (Wildman–Crippen LogP) is -0.0916. The van der Waals surface area contributed by atoms with Gasteiger partial charge in [-0.15, -0.1) is 0 Å². The highest BCUT2D eigenvalue weighted by molar-refractivity contribution is 5.78. The van der Waals surface area contributed by atoms with E-state index in [1.165, 1.54) is 0 Å². The number of aliphatic imine (C=N–C) groups is 1. The van der Waals surface area contributed by atoms with E-state index in [2.05, 4.69) is 9.89 Å². The van der Waals surface area contributed by atoms with Gasteiger partial charge in [0.15, 0.2) is 5.96 Å². The minimum atomic E-state index is -0.205. The zero-order valence-corrected chi connectivity index (χ0v) is 9.28. The number of piperidine rings is 1. The number of likely N-dealkylation sites (tertiary alicyclic amines) is 1. The summed E-state index contributed by atoms with van der Waals surface area (Å²) < 4.78 is 0. The number of carbonyl (C=O) groups excluding carboxylic acids is 1. The van der Waals surface area contributed by atoms with Crippen molar-refractivity contribution in [1.82, 2.24) is 4.90 Å². The second-order valence-corrected chi connectivity index (χ2v) is 3.93. The lowest BCUT2D eigenvalue weighted by Gasteiger charge is -2.32. The molecule has 15 heavy (non-hydrogen) atoms. The molecule has 0 bridgehead atoms. The monoisotopic (exact) mass is 212 g/mol. The highest BCUT2D eigenvalue weighted by Gasteiger charge is 2.21. The highest BCUT2D eigenvalue weighted by atomic mass is 16.1. The number of rotatable bonds is 3. The molecular weight excluding hydrogens is 192 g/mol. The average molecular weight is 212 g/mol. The first-order valence-electron chi connectivity index (χ1n) is 5.46. The van der Waals surface area contributed by atoms with Crippen LogP contribution in [0, 0.1) is 5.92 Å². The number of hydrogen-bond acceptors (Lipinski definition) is 2. The Bertz CT molecular complexity index is 244. The number of amides is 1.